The van der Waals surface area contributed by atoms with Crippen LogP contribution in [0.1, 0.15) is 23.9 Å². The van der Waals surface area contributed by atoms with Crippen LogP contribution in [0.4, 0.5) is 0 Å². The number of benzene rings is 1. The van der Waals surface area contributed by atoms with Crippen LogP contribution in [-0.4, -0.2) is 44.6 Å². The first kappa shape index (κ1) is 19.9. The summed E-state index contributed by atoms with van der Waals surface area (Å²) >= 11 is 0. The third kappa shape index (κ3) is 4.83. The first-order chi connectivity index (χ1) is 12.2. The summed E-state index contributed by atoms with van der Waals surface area (Å²) in [5.41, 5.74) is 1.23. The highest BCUT2D eigenvalue weighted by atomic mass is 32.2. The summed E-state index contributed by atoms with van der Waals surface area (Å²) in [5.74, 6) is 0.823. The summed E-state index contributed by atoms with van der Waals surface area (Å²) in [5, 5.41) is 3.65. The van der Waals surface area contributed by atoms with Crippen LogP contribution >= 0.6 is 0 Å². The molecule has 2 rings (SSSR count). The number of rotatable bonds is 8. The Morgan fingerprint density at radius 1 is 1.27 bits per heavy atom. The molecule has 0 unspecified atom stereocenters. The summed E-state index contributed by atoms with van der Waals surface area (Å²) in [6.45, 7) is 5.27. The number of carbonyl (C=O) groups excluding carboxylic acids is 1. The molecule has 0 aliphatic carbocycles. The van der Waals surface area contributed by atoms with Gasteiger partial charge in [0.2, 0.25) is 15.9 Å². The van der Waals surface area contributed by atoms with Crippen molar-refractivity contribution in [1.82, 2.24) is 14.8 Å². The van der Waals surface area contributed by atoms with Crippen LogP contribution in [0.3, 0.4) is 0 Å². The number of nitrogens with one attached hydrogen (secondary N) is 1. The molecule has 8 nitrogen and oxygen atoms in total. The second-order valence-corrected chi connectivity index (χ2v) is 7.54. The number of amides is 1. The highest BCUT2D eigenvalue weighted by Crippen LogP contribution is 2.18. The molecule has 1 heterocycles. The fourth-order valence-electron chi connectivity index (χ4n) is 2.54. The predicted molar refractivity (Wildman–Crippen MR) is 95.3 cm³/mol. The molecule has 0 aliphatic heterocycles. The van der Waals surface area contributed by atoms with Crippen molar-refractivity contribution in [3.63, 3.8) is 0 Å². The lowest BCUT2D eigenvalue weighted by molar-refractivity contribution is -0.129. The minimum absolute atomic E-state index is 0.0435. The van der Waals surface area contributed by atoms with Gasteiger partial charge < -0.3 is 14.2 Å². The number of methoxy groups -OCH3 is 1. The molecule has 9 heteroatoms. The van der Waals surface area contributed by atoms with Crippen molar-refractivity contribution in [1.29, 1.82) is 0 Å². The van der Waals surface area contributed by atoms with Crippen molar-refractivity contribution in [2.75, 3.05) is 20.2 Å². The number of nitrogens with zero attached hydrogens (tertiary/aromatic N) is 2. The van der Waals surface area contributed by atoms with Crippen LogP contribution in [0.15, 0.2) is 33.7 Å². The average Bonchev–Trinajstić information content (AvgIpc) is 2.93. The Morgan fingerprint density at radius 2 is 1.92 bits per heavy atom. The van der Waals surface area contributed by atoms with Gasteiger partial charge in [-0.1, -0.05) is 17.3 Å². The smallest absolute Gasteiger partial charge is 0.246 e. The van der Waals surface area contributed by atoms with E-state index >= 15 is 0 Å². The minimum Gasteiger partial charge on any atom is -0.497 e. The van der Waals surface area contributed by atoms with Gasteiger partial charge in [0.15, 0.2) is 5.76 Å². The molecule has 142 valence electrons. The Hall–Kier alpha value is -2.39. The summed E-state index contributed by atoms with van der Waals surface area (Å²) in [6.07, 6.45) is 0. The van der Waals surface area contributed by atoms with Gasteiger partial charge in [0.25, 0.3) is 0 Å². The van der Waals surface area contributed by atoms with Crippen LogP contribution in [0.5, 0.6) is 5.75 Å². The van der Waals surface area contributed by atoms with Crippen molar-refractivity contribution in [2.45, 2.75) is 32.2 Å². The molecule has 0 radical (unpaired) electrons. The maximum atomic E-state index is 12.4. The van der Waals surface area contributed by atoms with E-state index in [1.54, 1.807) is 25.9 Å². The maximum absolute atomic E-state index is 12.4. The van der Waals surface area contributed by atoms with Gasteiger partial charge in [0.1, 0.15) is 16.3 Å². The van der Waals surface area contributed by atoms with E-state index in [1.165, 1.54) is 6.92 Å². The molecule has 0 bridgehead atoms. The Morgan fingerprint density at radius 3 is 2.42 bits per heavy atom. The molecule has 0 atom stereocenters. The van der Waals surface area contributed by atoms with E-state index in [0.717, 1.165) is 11.3 Å². The number of ether oxygens (including phenoxy) is 1. The molecule has 0 aliphatic rings. The third-order valence-corrected chi connectivity index (χ3v) is 5.59. The number of sulfonamides is 1. The Labute approximate surface area is 153 Å². The molecule has 0 spiro atoms. The summed E-state index contributed by atoms with van der Waals surface area (Å²) < 4.78 is 37.3. The molecule has 2 aromatic rings. The molecular weight excluding hydrogens is 358 g/mol. The average molecular weight is 381 g/mol. The zero-order valence-corrected chi connectivity index (χ0v) is 16.1. The maximum Gasteiger partial charge on any atom is 0.246 e. The second-order valence-electron chi connectivity index (χ2n) is 5.84. The van der Waals surface area contributed by atoms with Crippen molar-refractivity contribution in [3.8, 4) is 5.75 Å². The quantitative estimate of drug-likeness (QED) is 0.746. The van der Waals surface area contributed by atoms with Gasteiger partial charge >= 0.3 is 0 Å². The zero-order chi connectivity index (χ0) is 19.3. The SMILES string of the molecule is COc1ccc(CN(CCNS(=O)(=O)c2c(C)noc2C)C(C)=O)cc1. The molecule has 0 saturated heterocycles. The Kier molecular flexibility index (Phi) is 6.38. The van der Waals surface area contributed by atoms with Crippen LogP contribution in [-0.2, 0) is 21.4 Å². The van der Waals surface area contributed by atoms with E-state index in [9.17, 15) is 13.2 Å². The first-order valence-corrected chi connectivity index (χ1v) is 9.54. The lowest BCUT2D eigenvalue weighted by Crippen LogP contribution is -2.37. The highest BCUT2D eigenvalue weighted by Gasteiger charge is 2.24. The van der Waals surface area contributed by atoms with E-state index in [-0.39, 0.29) is 29.7 Å². The molecule has 1 N–H and O–H groups in total. The number of hydrogen-bond acceptors (Lipinski definition) is 6. The van der Waals surface area contributed by atoms with E-state index < -0.39 is 10.0 Å². The largest absolute Gasteiger partial charge is 0.497 e. The van der Waals surface area contributed by atoms with Gasteiger partial charge in [-0.05, 0) is 31.5 Å². The third-order valence-electron chi connectivity index (χ3n) is 3.89. The first-order valence-electron chi connectivity index (χ1n) is 8.05. The zero-order valence-electron chi connectivity index (χ0n) is 15.3. The van der Waals surface area contributed by atoms with Gasteiger partial charge in [0, 0.05) is 26.6 Å². The molecule has 0 fully saturated rings. The van der Waals surface area contributed by atoms with Gasteiger partial charge in [-0.15, -0.1) is 0 Å². The van der Waals surface area contributed by atoms with Gasteiger partial charge in [-0.2, -0.15) is 0 Å². The predicted octanol–water partition coefficient (Wildman–Crippen LogP) is 1.63. The summed E-state index contributed by atoms with van der Waals surface area (Å²) in [4.78, 5) is 13.5. The van der Waals surface area contributed by atoms with E-state index in [0.29, 0.717) is 12.2 Å². The second kappa shape index (κ2) is 8.33. The van der Waals surface area contributed by atoms with Crippen LogP contribution in [0.25, 0.3) is 0 Å². The van der Waals surface area contributed by atoms with Gasteiger partial charge in [-0.25, -0.2) is 13.1 Å². The monoisotopic (exact) mass is 381 g/mol. The molecule has 26 heavy (non-hydrogen) atoms. The van der Waals surface area contributed by atoms with E-state index in [1.807, 2.05) is 24.3 Å². The summed E-state index contributed by atoms with van der Waals surface area (Å²) in [6, 6.07) is 7.35. The van der Waals surface area contributed by atoms with Crippen molar-refractivity contribution in [2.24, 2.45) is 0 Å². The van der Waals surface area contributed by atoms with Crippen molar-refractivity contribution in [3.05, 3.63) is 41.3 Å². The van der Waals surface area contributed by atoms with Crippen molar-refractivity contribution < 1.29 is 22.5 Å². The van der Waals surface area contributed by atoms with Crippen molar-refractivity contribution >= 4 is 15.9 Å². The number of aryl methyl sites for hydroxylation is 2. The van der Waals surface area contributed by atoms with Gasteiger partial charge in [-0.3, -0.25) is 4.79 Å². The Bertz CT molecular complexity index is 840. The fraction of sp³-hybridized carbons (Fsp3) is 0.412. The topological polar surface area (TPSA) is 102 Å². The number of aromatic nitrogens is 1. The lowest BCUT2D eigenvalue weighted by Gasteiger charge is -2.21. The normalized spacial score (nSPS) is 11.4. The number of hydrogen-bond donors (Lipinski definition) is 1. The van der Waals surface area contributed by atoms with Crippen LogP contribution in [0.2, 0.25) is 0 Å². The lowest BCUT2D eigenvalue weighted by atomic mass is 10.2. The standard InChI is InChI=1S/C17H23N3O5S/c1-12-17(13(2)25-19-12)26(22,23)18-9-10-20(14(3)21)11-15-5-7-16(24-4)8-6-15/h5-8,18H,9-11H2,1-4H3. The Balaban J connectivity index is 1.99. The highest BCUT2D eigenvalue weighted by molar-refractivity contribution is 7.89. The molecule has 0 saturated carbocycles. The molecule has 1 amide bonds. The van der Waals surface area contributed by atoms with Crippen LogP contribution < -0.4 is 9.46 Å². The molecular formula is C17H23N3O5S. The van der Waals surface area contributed by atoms with Crippen LogP contribution in [0, 0.1) is 13.8 Å². The number of carbonyl (C=O) groups is 1. The molecule has 1 aromatic heterocycles. The minimum atomic E-state index is -3.74. The molecule has 1 aromatic carbocycles. The van der Waals surface area contributed by atoms with E-state index in [2.05, 4.69) is 9.88 Å². The van der Waals surface area contributed by atoms with Gasteiger partial charge in [0.05, 0.1) is 7.11 Å². The fourth-order valence-corrected chi connectivity index (χ4v) is 3.89. The summed E-state index contributed by atoms with van der Waals surface area (Å²) in [7, 11) is -2.16. The van der Waals surface area contributed by atoms with E-state index in [4.69, 9.17) is 9.26 Å².